The van der Waals surface area contributed by atoms with Crippen molar-refractivity contribution in [1.82, 2.24) is 24.8 Å². The first-order chi connectivity index (χ1) is 12.7. The molecule has 0 aliphatic carbocycles. The van der Waals surface area contributed by atoms with Crippen LogP contribution in [0.25, 0.3) is 22.5 Å². The Hall–Kier alpha value is -3.22. The molecule has 7 nitrogen and oxygen atoms in total. The highest BCUT2D eigenvalue weighted by Crippen LogP contribution is 2.43. The summed E-state index contributed by atoms with van der Waals surface area (Å²) in [4.78, 5) is 31.0. The summed E-state index contributed by atoms with van der Waals surface area (Å²) in [5.74, 6) is 1.68. The zero-order valence-electron chi connectivity index (χ0n) is 14.4. The third-order valence-corrected chi connectivity index (χ3v) is 5.10. The molecule has 0 aromatic carbocycles. The van der Waals surface area contributed by atoms with Gasteiger partial charge in [-0.1, -0.05) is 0 Å². The van der Waals surface area contributed by atoms with Crippen molar-refractivity contribution in [2.75, 3.05) is 11.9 Å². The Morgan fingerprint density at radius 1 is 1.27 bits per heavy atom. The summed E-state index contributed by atoms with van der Waals surface area (Å²) >= 11 is 0. The van der Waals surface area contributed by atoms with Crippen molar-refractivity contribution in [3.05, 3.63) is 42.6 Å². The number of fused-ring (bicyclic) bond motifs is 5. The number of carbonyl (C=O) groups is 1. The Morgan fingerprint density at radius 2 is 2.19 bits per heavy atom. The van der Waals surface area contributed by atoms with E-state index in [1.165, 1.54) is 0 Å². The molecule has 1 saturated heterocycles. The number of nitrogens with zero attached hydrogens (tertiary/aromatic N) is 4. The zero-order chi connectivity index (χ0) is 17.7. The second-order valence-corrected chi connectivity index (χ2v) is 6.66. The van der Waals surface area contributed by atoms with Gasteiger partial charge >= 0.3 is 0 Å². The van der Waals surface area contributed by atoms with Crippen LogP contribution in [0.15, 0.2) is 36.8 Å². The van der Waals surface area contributed by atoms with E-state index in [9.17, 15) is 4.79 Å². The lowest BCUT2D eigenvalue weighted by atomic mass is 10.1. The van der Waals surface area contributed by atoms with Gasteiger partial charge in [0.05, 0.1) is 23.6 Å². The Kier molecular flexibility index (Phi) is 3.28. The van der Waals surface area contributed by atoms with Gasteiger partial charge in [0.15, 0.2) is 0 Å². The molecule has 26 heavy (non-hydrogen) atoms. The van der Waals surface area contributed by atoms with Gasteiger partial charge in [-0.2, -0.15) is 0 Å². The molecule has 5 rings (SSSR count). The normalized spacial score (nSPS) is 17.7. The van der Waals surface area contributed by atoms with Crippen LogP contribution in [-0.2, 0) is 4.79 Å². The highest BCUT2D eigenvalue weighted by molar-refractivity contribution is 5.94. The van der Waals surface area contributed by atoms with Crippen molar-refractivity contribution in [2.24, 2.45) is 0 Å². The number of hydrogen-bond donors (Lipinski definition) is 2. The summed E-state index contributed by atoms with van der Waals surface area (Å²) in [6.07, 6.45) is 7.24. The molecule has 0 bridgehead atoms. The summed E-state index contributed by atoms with van der Waals surface area (Å²) in [6, 6.07) is 5.88. The first kappa shape index (κ1) is 15.1. The number of anilines is 2. The van der Waals surface area contributed by atoms with Crippen molar-refractivity contribution in [1.29, 1.82) is 0 Å². The van der Waals surface area contributed by atoms with Crippen LogP contribution < -0.4 is 5.32 Å². The molecule has 0 spiro atoms. The standard InChI is InChI=1S/C19H18N6O/c1-11(26)25-9-3-5-15(25)19-23-16-12-6-8-20-10-14(12)22-18-13(17(16)24-19)4-2-7-21-18/h2,4,6-8,10,15H,3,5,9H2,1H3,(H,21,22)(H,23,24). The average molecular weight is 346 g/mol. The SMILES string of the molecule is CC(=O)N1CCCC1c1nc2c([nH]1)-c1ccncc1Nc1ncccc1-2. The van der Waals surface area contributed by atoms with Crippen LogP contribution in [0, 0.1) is 0 Å². The fourth-order valence-electron chi connectivity index (χ4n) is 3.90. The van der Waals surface area contributed by atoms with Gasteiger partial charge in [0.1, 0.15) is 17.3 Å². The van der Waals surface area contributed by atoms with Gasteiger partial charge in [-0.15, -0.1) is 0 Å². The van der Waals surface area contributed by atoms with Crippen LogP contribution in [0.1, 0.15) is 31.6 Å². The summed E-state index contributed by atoms with van der Waals surface area (Å²) in [7, 11) is 0. The molecule has 5 heterocycles. The first-order valence-corrected chi connectivity index (χ1v) is 8.76. The summed E-state index contributed by atoms with van der Waals surface area (Å²) in [6.45, 7) is 2.40. The maximum Gasteiger partial charge on any atom is 0.220 e. The highest BCUT2D eigenvalue weighted by atomic mass is 16.2. The number of pyridine rings is 2. The number of nitrogens with one attached hydrogen (secondary N) is 2. The van der Waals surface area contributed by atoms with E-state index in [-0.39, 0.29) is 11.9 Å². The van der Waals surface area contributed by atoms with Gasteiger partial charge in [0, 0.05) is 37.0 Å². The van der Waals surface area contributed by atoms with Crippen LogP contribution >= 0.6 is 0 Å². The maximum absolute atomic E-state index is 12.0. The molecule has 2 aliphatic heterocycles. The molecule has 1 fully saturated rings. The van der Waals surface area contributed by atoms with Crippen molar-refractivity contribution in [3.63, 3.8) is 0 Å². The summed E-state index contributed by atoms with van der Waals surface area (Å²) in [5, 5.41) is 3.35. The number of carbonyl (C=O) groups excluding carboxylic acids is 1. The zero-order valence-corrected chi connectivity index (χ0v) is 14.4. The number of amides is 1. The largest absolute Gasteiger partial charge is 0.340 e. The van der Waals surface area contributed by atoms with Crippen LogP contribution in [0.4, 0.5) is 11.5 Å². The van der Waals surface area contributed by atoms with Gasteiger partial charge in [-0.25, -0.2) is 9.97 Å². The van der Waals surface area contributed by atoms with Crippen LogP contribution in [0.2, 0.25) is 0 Å². The van der Waals surface area contributed by atoms with E-state index in [0.29, 0.717) is 0 Å². The molecule has 130 valence electrons. The fourth-order valence-corrected chi connectivity index (χ4v) is 3.90. The number of likely N-dealkylation sites (tertiary alicyclic amines) is 1. The predicted octanol–water partition coefficient (Wildman–Crippen LogP) is 3.27. The van der Waals surface area contributed by atoms with E-state index in [1.807, 2.05) is 23.1 Å². The van der Waals surface area contributed by atoms with Crippen molar-refractivity contribution >= 4 is 17.4 Å². The molecule has 1 amide bonds. The van der Waals surface area contributed by atoms with Crippen LogP contribution in [0.3, 0.4) is 0 Å². The predicted molar refractivity (Wildman–Crippen MR) is 97.7 cm³/mol. The smallest absolute Gasteiger partial charge is 0.220 e. The minimum absolute atomic E-state index is 0.00204. The van der Waals surface area contributed by atoms with Gasteiger partial charge in [0.2, 0.25) is 5.91 Å². The van der Waals surface area contributed by atoms with Gasteiger partial charge in [0.25, 0.3) is 0 Å². The van der Waals surface area contributed by atoms with Gasteiger partial charge in [-0.05, 0) is 31.0 Å². The molecule has 2 aliphatic rings. The van der Waals surface area contributed by atoms with Crippen molar-refractivity contribution in [2.45, 2.75) is 25.8 Å². The Labute approximate surface area is 150 Å². The Morgan fingerprint density at radius 3 is 3.08 bits per heavy atom. The monoisotopic (exact) mass is 346 g/mol. The van der Waals surface area contributed by atoms with Crippen LogP contribution in [0.5, 0.6) is 0 Å². The molecular formula is C19H18N6O. The Bertz CT molecular complexity index is 948. The van der Waals surface area contributed by atoms with E-state index in [0.717, 1.165) is 59.2 Å². The van der Waals surface area contributed by atoms with E-state index < -0.39 is 0 Å². The minimum atomic E-state index is -0.00204. The van der Waals surface area contributed by atoms with Crippen molar-refractivity contribution < 1.29 is 4.79 Å². The molecular weight excluding hydrogens is 328 g/mol. The number of rotatable bonds is 1. The maximum atomic E-state index is 12.0. The molecule has 7 heteroatoms. The lowest BCUT2D eigenvalue weighted by Gasteiger charge is -2.21. The van der Waals surface area contributed by atoms with Gasteiger partial charge < -0.3 is 15.2 Å². The van der Waals surface area contributed by atoms with Crippen molar-refractivity contribution in [3.8, 4) is 22.5 Å². The molecule has 2 N–H and O–H groups in total. The van der Waals surface area contributed by atoms with E-state index in [2.05, 4.69) is 20.3 Å². The second kappa shape index (κ2) is 5.66. The highest BCUT2D eigenvalue weighted by Gasteiger charge is 2.32. The van der Waals surface area contributed by atoms with Crippen LogP contribution in [-0.4, -0.2) is 37.3 Å². The summed E-state index contributed by atoms with van der Waals surface area (Å²) < 4.78 is 0. The molecule has 1 unspecified atom stereocenters. The molecule has 3 aromatic heterocycles. The average Bonchev–Trinajstić information content (AvgIpc) is 3.27. The topological polar surface area (TPSA) is 86.8 Å². The molecule has 0 saturated carbocycles. The third-order valence-electron chi connectivity index (χ3n) is 5.10. The van der Waals surface area contributed by atoms with E-state index in [1.54, 1.807) is 25.5 Å². The minimum Gasteiger partial charge on any atom is -0.340 e. The number of aromatic amines is 1. The fraction of sp³-hybridized carbons (Fsp3) is 0.263. The number of aromatic nitrogens is 4. The van der Waals surface area contributed by atoms with E-state index in [4.69, 9.17) is 4.98 Å². The molecule has 0 radical (unpaired) electrons. The second-order valence-electron chi connectivity index (χ2n) is 6.66. The number of imidazole rings is 1. The quantitative estimate of drug-likeness (QED) is 0.552. The first-order valence-electron chi connectivity index (χ1n) is 8.76. The molecule has 3 aromatic rings. The third kappa shape index (κ3) is 2.20. The summed E-state index contributed by atoms with van der Waals surface area (Å²) in [5.41, 5.74) is 4.62. The number of hydrogen-bond acceptors (Lipinski definition) is 5. The van der Waals surface area contributed by atoms with E-state index >= 15 is 0 Å². The Balaban J connectivity index is 1.72. The number of H-pyrrole nitrogens is 1. The lowest BCUT2D eigenvalue weighted by molar-refractivity contribution is -0.129. The molecule has 1 atom stereocenters. The lowest BCUT2D eigenvalue weighted by Crippen LogP contribution is -2.28. The van der Waals surface area contributed by atoms with Gasteiger partial charge in [-0.3, -0.25) is 9.78 Å².